The van der Waals surface area contributed by atoms with E-state index in [0.717, 1.165) is 44.7 Å². The SMILES string of the molecule is CCCOc1nc(CC(C)C)nc(NCC2CCCO2)c1N. The first-order valence-corrected chi connectivity index (χ1v) is 8.24. The summed E-state index contributed by atoms with van der Waals surface area (Å²) in [6.07, 6.45) is 4.16. The molecule has 1 saturated heterocycles. The monoisotopic (exact) mass is 308 g/mol. The summed E-state index contributed by atoms with van der Waals surface area (Å²) in [4.78, 5) is 9.02. The number of nitrogens with one attached hydrogen (secondary N) is 1. The van der Waals surface area contributed by atoms with Gasteiger partial charge in [0.25, 0.3) is 0 Å². The molecule has 1 aromatic rings. The lowest BCUT2D eigenvalue weighted by Gasteiger charge is -2.16. The normalized spacial score (nSPS) is 17.9. The highest BCUT2D eigenvalue weighted by Gasteiger charge is 2.18. The molecule has 1 aromatic heterocycles. The molecule has 0 saturated carbocycles. The van der Waals surface area contributed by atoms with Gasteiger partial charge in [0.1, 0.15) is 11.5 Å². The minimum absolute atomic E-state index is 0.239. The molecule has 0 radical (unpaired) electrons. The first kappa shape index (κ1) is 16.8. The zero-order valence-electron chi connectivity index (χ0n) is 13.9. The minimum Gasteiger partial charge on any atom is -0.476 e. The van der Waals surface area contributed by atoms with Gasteiger partial charge in [-0.3, -0.25) is 0 Å². The van der Waals surface area contributed by atoms with Crippen molar-refractivity contribution in [3.05, 3.63) is 5.82 Å². The lowest BCUT2D eigenvalue weighted by molar-refractivity contribution is 0.120. The predicted molar refractivity (Wildman–Crippen MR) is 88.2 cm³/mol. The molecule has 6 heteroatoms. The Morgan fingerprint density at radius 2 is 2.23 bits per heavy atom. The lowest BCUT2D eigenvalue weighted by Crippen LogP contribution is -2.21. The van der Waals surface area contributed by atoms with Crippen molar-refractivity contribution in [1.82, 2.24) is 9.97 Å². The number of hydrogen-bond acceptors (Lipinski definition) is 6. The number of hydrogen-bond donors (Lipinski definition) is 2. The van der Waals surface area contributed by atoms with Crippen molar-refractivity contribution >= 4 is 11.5 Å². The van der Waals surface area contributed by atoms with Crippen LogP contribution in [0.25, 0.3) is 0 Å². The Bertz CT molecular complexity index is 473. The van der Waals surface area contributed by atoms with Crippen molar-refractivity contribution in [2.24, 2.45) is 5.92 Å². The van der Waals surface area contributed by atoms with E-state index in [9.17, 15) is 0 Å². The largest absolute Gasteiger partial charge is 0.476 e. The smallest absolute Gasteiger partial charge is 0.242 e. The Hall–Kier alpha value is -1.56. The van der Waals surface area contributed by atoms with Crippen LogP contribution in [-0.4, -0.2) is 35.8 Å². The number of nitrogen functional groups attached to an aromatic ring is 1. The van der Waals surface area contributed by atoms with Crippen molar-refractivity contribution in [3.8, 4) is 5.88 Å². The molecule has 0 amide bonds. The topological polar surface area (TPSA) is 82.3 Å². The van der Waals surface area contributed by atoms with Crippen molar-refractivity contribution in [2.75, 3.05) is 30.8 Å². The Balaban J connectivity index is 2.13. The zero-order chi connectivity index (χ0) is 15.9. The zero-order valence-corrected chi connectivity index (χ0v) is 13.9. The fraction of sp³-hybridized carbons (Fsp3) is 0.750. The van der Waals surface area contributed by atoms with E-state index in [1.165, 1.54) is 0 Å². The van der Waals surface area contributed by atoms with E-state index in [2.05, 4.69) is 36.1 Å². The van der Waals surface area contributed by atoms with E-state index in [0.29, 0.717) is 29.9 Å². The number of nitrogens with zero attached hydrogens (tertiary/aromatic N) is 2. The van der Waals surface area contributed by atoms with Crippen LogP contribution >= 0.6 is 0 Å². The Kier molecular flexibility index (Phi) is 6.24. The summed E-state index contributed by atoms with van der Waals surface area (Å²) in [5.41, 5.74) is 6.64. The Morgan fingerprint density at radius 3 is 2.86 bits per heavy atom. The molecule has 1 fully saturated rings. The van der Waals surface area contributed by atoms with Crippen molar-refractivity contribution in [3.63, 3.8) is 0 Å². The average Bonchev–Trinajstić information content (AvgIpc) is 2.98. The van der Waals surface area contributed by atoms with E-state index in [1.807, 2.05) is 0 Å². The molecule has 22 heavy (non-hydrogen) atoms. The lowest BCUT2D eigenvalue weighted by atomic mass is 10.1. The van der Waals surface area contributed by atoms with Gasteiger partial charge in [-0.15, -0.1) is 0 Å². The third kappa shape index (κ3) is 4.73. The molecule has 3 N–H and O–H groups in total. The van der Waals surface area contributed by atoms with Gasteiger partial charge in [-0.2, -0.15) is 4.98 Å². The van der Waals surface area contributed by atoms with E-state index in [4.69, 9.17) is 15.2 Å². The first-order valence-electron chi connectivity index (χ1n) is 8.24. The predicted octanol–water partition coefficient (Wildman–Crippen LogP) is 2.64. The number of anilines is 2. The molecule has 1 unspecified atom stereocenters. The van der Waals surface area contributed by atoms with Gasteiger partial charge in [-0.05, 0) is 25.2 Å². The van der Waals surface area contributed by atoms with Crippen LogP contribution in [0.4, 0.5) is 11.5 Å². The standard InChI is InChI=1S/C16H28N4O2/c1-4-7-22-16-14(17)15(18-10-12-6-5-8-21-12)19-13(20-16)9-11(2)3/h11-12H,4-10,17H2,1-3H3,(H,18,19,20). The summed E-state index contributed by atoms with van der Waals surface area (Å²) in [6.45, 7) is 8.51. The molecular weight excluding hydrogens is 280 g/mol. The fourth-order valence-corrected chi connectivity index (χ4v) is 2.41. The van der Waals surface area contributed by atoms with E-state index < -0.39 is 0 Å². The minimum atomic E-state index is 0.239. The van der Waals surface area contributed by atoms with Crippen LogP contribution < -0.4 is 15.8 Å². The second-order valence-electron chi connectivity index (χ2n) is 6.17. The quantitative estimate of drug-likeness (QED) is 0.768. The fourth-order valence-electron chi connectivity index (χ4n) is 2.41. The maximum atomic E-state index is 6.16. The van der Waals surface area contributed by atoms with Gasteiger partial charge in [0, 0.05) is 19.6 Å². The van der Waals surface area contributed by atoms with Gasteiger partial charge in [0.2, 0.25) is 5.88 Å². The summed E-state index contributed by atoms with van der Waals surface area (Å²) < 4.78 is 11.3. The highest BCUT2D eigenvalue weighted by Crippen LogP contribution is 2.27. The Morgan fingerprint density at radius 1 is 1.41 bits per heavy atom. The number of aromatic nitrogens is 2. The van der Waals surface area contributed by atoms with Crippen LogP contribution in [-0.2, 0) is 11.2 Å². The van der Waals surface area contributed by atoms with Crippen molar-refractivity contribution < 1.29 is 9.47 Å². The second kappa shape index (κ2) is 8.17. The van der Waals surface area contributed by atoms with Gasteiger partial charge in [0.05, 0.1) is 12.7 Å². The van der Waals surface area contributed by atoms with Crippen LogP contribution in [0, 0.1) is 5.92 Å². The summed E-state index contributed by atoms with van der Waals surface area (Å²) >= 11 is 0. The van der Waals surface area contributed by atoms with Crippen LogP contribution in [0.3, 0.4) is 0 Å². The second-order valence-corrected chi connectivity index (χ2v) is 6.17. The molecule has 0 aromatic carbocycles. The van der Waals surface area contributed by atoms with Crippen LogP contribution in [0.2, 0.25) is 0 Å². The highest BCUT2D eigenvalue weighted by molar-refractivity contribution is 5.67. The third-order valence-corrected chi connectivity index (χ3v) is 3.51. The molecule has 1 aliphatic rings. The maximum absolute atomic E-state index is 6.16. The van der Waals surface area contributed by atoms with Crippen LogP contribution in [0.1, 0.15) is 45.9 Å². The summed E-state index contributed by atoms with van der Waals surface area (Å²) in [6, 6.07) is 0. The average molecular weight is 308 g/mol. The van der Waals surface area contributed by atoms with E-state index in [1.54, 1.807) is 0 Å². The molecule has 0 spiro atoms. The molecule has 2 rings (SSSR count). The molecule has 6 nitrogen and oxygen atoms in total. The van der Waals surface area contributed by atoms with E-state index >= 15 is 0 Å². The highest BCUT2D eigenvalue weighted by atomic mass is 16.5. The molecule has 0 bridgehead atoms. The van der Waals surface area contributed by atoms with Gasteiger partial charge >= 0.3 is 0 Å². The maximum Gasteiger partial charge on any atom is 0.242 e. The summed E-state index contributed by atoms with van der Waals surface area (Å²) in [7, 11) is 0. The van der Waals surface area contributed by atoms with Gasteiger partial charge in [-0.1, -0.05) is 20.8 Å². The van der Waals surface area contributed by atoms with Crippen LogP contribution in [0.5, 0.6) is 5.88 Å². The first-order chi connectivity index (χ1) is 10.6. The molecule has 1 aliphatic heterocycles. The molecule has 124 valence electrons. The van der Waals surface area contributed by atoms with Gasteiger partial charge < -0.3 is 20.5 Å². The van der Waals surface area contributed by atoms with Crippen molar-refractivity contribution in [1.29, 1.82) is 0 Å². The van der Waals surface area contributed by atoms with E-state index in [-0.39, 0.29) is 6.10 Å². The molecule has 2 heterocycles. The number of ether oxygens (including phenoxy) is 2. The number of rotatable bonds is 8. The summed E-state index contributed by atoms with van der Waals surface area (Å²) in [5.74, 6) is 2.40. The third-order valence-electron chi connectivity index (χ3n) is 3.51. The van der Waals surface area contributed by atoms with Crippen molar-refractivity contribution in [2.45, 2.75) is 52.6 Å². The molecular formula is C16H28N4O2. The molecule has 1 atom stereocenters. The Labute approximate surface area is 132 Å². The summed E-state index contributed by atoms with van der Waals surface area (Å²) in [5, 5.41) is 3.30. The van der Waals surface area contributed by atoms with Crippen LogP contribution in [0.15, 0.2) is 0 Å². The number of nitrogens with two attached hydrogens (primary N) is 1. The molecule has 0 aliphatic carbocycles. The van der Waals surface area contributed by atoms with Gasteiger partial charge in [-0.25, -0.2) is 4.98 Å². The van der Waals surface area contributed by atoms with Gasteiger partial charge in [0.15, 0.2) is 5.82 Å².